The number of hydrogen-bond acceptors (Lipinski definition) is 3. The van der Waals surface area contributed by atoms with E-state index in [9.17, 15) is 14.4 Å². The number of carbonyl (C=O) groups is 3. The molecular weight excluding hydrogens is 200 g/mol. The summed E-state index contributed by atoms with van der Waals surface area (Å²) in [5.41, 5.74) is 4.96. The minimum absolute atomic E-state index is 0.0814. The monoisotopic (exact) mass is 214 g/mol. The third-order valence-electron chi connectivity index (χ3n) is 2.48. The van der Waals surface area contributed by atoms with Crippen LogP contribution < -0.4 is 5.73 Å². The Balaban J connectivity index is 2.50. The molecular formula is C9H14N2O4. The second-order valence-corrected chi connectivity index (χ2v) is 3.63. The molecule has 1 fully saturated rings. The van der Waals surface area contributed by atoms with Crippen molar-refractivity contribution in [3.8, 4) is 0 Å². The topological polar surface area (TPSA) is 101 Å². The number of carbonyl (C=O) groups excluding carboxylic acids is 2. The molecule has 1 unspecified atom stereocenters. The molecule has 1 saturated heterocycles. The van der Waals surface area contributed by atoms with Gasteiger partial charge in [-0.2, -0.15) is 0 Å². The molecule has 15 heavy (non-hydrogen) atoms. The highest BCUT2D eigenvalue weighted by Gasteiger charge is 2.29. The highest BCUT2D eigenvalue weighted by Crippen LogP contribution is 2.17. The van der Waals surface area contributed by atoms with E-state index < -0.39 is 17.8 Å². The summed E-state index contributed by atoms with van der Waals surface area (Å²) >= 11 is 0. The van der Waals surface area contributed by atoms with Crippen LogP contribution in [0.5, 0.6) is 0 Å². The molecule has 6 heteroatoms. The van der Waals surface area contributed by atoms with Gasteiger partial charge in [-0.15, -0.1) is 0 Å². The van der Waals surface area contributed by atoms with Gasteiger partial charge in [-0.3, -0.25) is 14.4 Å². The highest BCUT2D eigenvalue weighted by atomic mass is 16.4. The predicted molar refractivity (Wildman–Crippen MR) is 50.8 cm³/mol. The van der Waals surface area contributed by atoms with Gasteiger partial charge >= 0.3 is 5.97 Å². The molecule has 0 aliphatic carbocycles. The number of hydrogen-bond donors (Lipinski definition) is 2. The lowest BCUT2D eigenvalue weighted by Gasteiger charge is -2.30. The van der Waals surface area contributed by atoms with E-state index in [0.717, 1.165) is 0 Å². The Hall–Kier alpha value is -1.59. The van der Waals surface area contributed by atoms with Crippen molar-refractivity contribution < 1.29 is 19.5 Å². The normalized spacial score (nSPS) is 21.5. The summed E-state index contributed by atoms with van der Waals surface area (Å²) in [6, 6.07) is 0. The van der Waals surface area contributed by atoms with Crippen LogP contribution in [0.3, 0.4) is 0 Å². The summed E-state index contributed by atoms with van der Waals surface area (Å²) in [6.07, 6.45) is 0.690. The first-order valence-electron chi connectivity index (χ1n) is 4.79. The molecule has 6 nitrogen and oxygen atoms in total. The molecule has 0 aromatic carbocycles. The standard InChI is InChI=1S/C9H14N2O4/c10-7(12)3-4-11-5-6(9(14)15)1-2-8(11)13/h6H,1-5H2,(H2,10,12)(H,14,15). The molecule has 2 amide bonds. The Morgan fingerprint density at radius 3 is 2.73 bits per heavy atom. The van der Waals surface area contributed by atoms with Gasteiger partial charge in [0.2, 0.25) is 11.8 Å². The number of primary amides is 1. The first-order chi connectivity index (χ1) is 7.00. The molecule has 3 N–H and O–H groups in total. The second kappa shape index (κ2) is 4.77. The average Bonchev–Trinajstić information content (AvgIpc) is 2.16. The van der Waals surface area contributed by atoms with Gasteiger partial charge in [0.15, 0.2) is 0 Å². The quantitative estimate of drug-likeness (QED) is 0.638. The van der Waals surface area contributed by atoms with E-state index in [-0.39, 0.29) is 31.8 Å². The number of carboxylic acid groups (broad SMARTS) is 1. The average molecular weight is 214 g/mol. The molecule has 0 saturated carbocycles. The molecule has 0 aromatic rings. The van der Waals surface area contributed by atoms with Gasteiger partial charge in [0, 0.05) is 25.9 Å². The Bertz CT molecular complexity index is 290. The minimum Gasteiger partial charge on any atom is -0.481 e. The Labute approximate surface area is 87.0 Å². The largest absolute Gasteiger partial charge is 0.481 e. The molecule has 0 bridgehead atoms. The van der Waals surface area contributed by atoms with Crippen LogP contribution in [0.25, 0.3) is 0 Å². The van der Waals surface area contributed by atoms with Crippen molar-refractivity contribution >= 4 is 17.8 Å². The van der Waals surface area contributed by atoms with Crippen molar-refractivity contribution in [2.45, 2.75) is 19.3 Å². The van der Waals surface area contributed by atoms with Crippen LogP contribution in [0.1, 0.15) is 19.3 Å². The number of carboxylic acids is 1. The lowest BCUT2D eigenvalue weighted by Crippen LogP contribution is -2.43. The summed E-state index contributed by atoms with van der Waals surface area (Å²) < 4.78 is 0. The van der Waals surface area contributed by atoms with E-state index in [1.165, 1.54) is 4.90 Å². The predicted octanol–water partition coefficient (Wildman–Crippen LogP) is -0.815. The van der Waals surface area contributed by atoms with Crippen LogP contribution >= 0.6 is 0 Å². The summed E-state index contributed by atoms with van der Waals surface area (Å²) in [5, 5.41) is 8.79. The zero-order chi connectivity index (χ0) is 11.4. The summed E-state index contributed by atoms with van der Waals surface area (Å²) in [6.45, 7) is 0.402. The number of piperidine rings is 1. The zero-order valence-corrected chi connectivity index (χ0v) is 8.31. The molecule has 0 spiro atoms. The number of nitrogens with two attached hydrogens (primary N) is 1. The summed E-state index contributed by atoms with van der Waals surface area (Å²) in [5.74, 6) is -2.00. The van der Waals surface area contributed by atoms with Gasteiger partial charge in [0.25, 0.3) is 0 Å². The Kier molecular flexibility index (Phi) is 3.65. The summed E-state index contributed by atoms with van der Waals surface area (Å²) in [7, 11) is 0. The van der Waals surface area contributed by atoms with Gasteiger partial charge in [0.1, 0.15) is 0 Å². The fourth-order valence-corrected chi connectivity index (χ4v) is 1.58. The fraction of sp³-hybridized carbons (Fsp3) is 0.667. The van der Waals surface area contributed by atoms with Gasteiger partial charge < -0.3 is 15.7 Å². The third-order valence-corrected chi connectivity index (χ3v) is 2.48. The highest BCUT2D eigenvalue weighted by molar-refractivity contribution is 5.81. The molecule has 84 valence electrons. The minimum atomic E-state index is -0.897. The van der Waals surface area contributed by atoms with Crippen LogP contribution in [0, 0.1) is 5.92 Å². The maximum atomic E-state index is 11.4. The van der Waals surface area contributed by atoms with Crippen LogP contribution in [0.15, 0.2) is 0 Å². The molecule has 1 aliphatic rings. The van der Waals surface area contributed by atoms with Gasteiger partial charge in [0.05, 0.1) is 5.92 Å². The Morgan fingerprint density at radius 2 is 2.20 bits per heavy atom. The molecule has 1 aliphatic heterocycles. The lowest BCUT2D eigenvalue weighted by atomic mass is 9.97. The Morgan fingerprint density at radius 1 is 1.53 bits per heavy atom. The van der Waals surface area contributed by atoms with E-state index in [1.807, 2.05) is 0 Å². The van der Waals surface area contributed by atoms with Crippen molar-refractivity contribution in [1.82, 2.24) is 4.90 Å². The number of amides is 2. The maximum absolute atomic E-state index is 11.4. The first-order valence-corrected chi connectivity index (χ1v) is 4.79. The van der Waals surface area contributed by atoms with E-state index in [2.05, 4.69) is 0 Å². The number of nitrogens with zero attached hydrogens (tertiary/aromatic N) is 1. The van der Waals surface area contributed by atoms with E-state index >= 15 is 0 Å². The van der Waals surface area contributed by atoms with Crippen molar-refractivity contribution in [3.05, 3.63) is 0 Å². The zero-order valence-electron chi connectivity index (χ0n) is 8.31. The van der Waals surface area contributed by atoms with Crippen molar-refractivity contribution in [2.75, 3.05) is 13.1 Å². The molecule has 1 atom stereocenters. The first kappa shape index (κ1) is 11.5. The number of aliphatic carboxylic acids is 1. The van der Waals surface area contributed by atoms with Gasteiger partial charge in [-0.1, -0.05) is 0 Å². The third kappa shape index (κ3) is 3.23. The van der Waals surface area contributed by atoms with Gasteiger partial charge in [-0.25, -0.2) is 0 Å². The van der Waals surface area contributed by atoms with E-state index in [1.54, 1.807) is 0 Å². The van der Waals surface area contributed by atoms with Crippen LogP contribution in [-0.2, 0) is 14.4 Å². The molecule has 1 heterocycles. The molecule has 0 aromatic heterocycles. The SMILES string of the molecule is NC(=O)CCN1CC(C(=O)O)CCC1=O. The van der Waals surface area contributed by atoms with Crippen LogP contribution in [-0.4, -0.2) is 40.9 Å². The van der Waals surface area contributed by atoms with Gasteiger partial charge in [-0.05, 0) is 6.42 Å². The molecule has 1 rings (SSSR count). The van der Waals surface area contributed by atoms with E-state index in [4.69, 9.17) is 10.8 Å². The summed E-state index contributed by atoms with van der Waals surface area (Å²) in [4.78, 5) is 34.0. The number of rotatable bonds is 4. The van der Waals surface area contributed by atoms with Crippen LogP contribution in [0.2, 0.25) is 0 Å². The second-order valence-electron chi connectivity index (χ2n) is 3.63. The number of likely N-dealkylation sites (tertiary alicyclic amines) is 1. The maximum Gasteiger partial charge on any atom is 0.308 e. The smallest absolute Gasteiger partial charge is 0.308 e. The van der Waals surface area contributed by atoms with Crippen molar-refractivity contribution in [1.29, 1.82) is 0 Å². The fourth-order valence-electron chi connectivity index (χ4n) is 1.58. The van der Waals surface area contributed by atoms with Crippen LogP contribution in [0.4, 0.5) is 0 Å². The van der Waals surface area contributed by atoms with E-state index in [0.29, 0.717) is 6.42 Å². The lowest BCUT2D eigenvalue weighted by molar-refractivity contribution is -0.147. The van der Waals surface area contributed by atoms with Crippen molar-refractivity contribution in [2.24, 2.45) is 11.7 Å². The molecule has 0 radical (unpaired) electrons. The van der Waals surface area contributed by atoms with Crippen molar-refractivity contribution in [3.63, 3.8) is 0 Å².